The first-order chi connectivity index (χ1) is 12.5. The van der Waals surface area contributed by atoms with Crippen molar-refractivity contribution in [2.24, 2.45) is 0 Å². The molecule has 0 atom stereocenters. The third-order valence-electron chi connectivity index (χ3n) is 3.71. The van der Waals surface area contributed by atoms with Crippen molar-refractivity contribution in [3.05, 3.63) is 50.9 Å². The Labute approximate surface area is 159 Å². The first-order valence-corrected chi connectivity index (χ1v) is 9.02. The molecule has 0 radical (unpaired) electrons. The lowest BCUT2D eigenvalue weighted by Gasteiger charge is -2.10. The molecule has 136 valence electrons. The molecule has 0 amide bonds. The van der Waals surface area contributed by atoms with Gasteiger partial charge in [-0.1, -0.05) is 17.7 Å². The number of nitrogens with one attached hydrogen (secondary N) is 2. The highest BCUT2D eigenvalue weighted by Crippen LogP contribution is 2.04. The zero-order chi connectivity index (χ0) is 18.9. The van der Waals surface area contributed by atoms with E-state index >= 15 is 0 Å². The second-order valence-electron chi connectivity index (χ2n) is 6.28. The molecule has 1 aliphatic rings. The highest BCUT2D eigenvalue weighted by Gasteiger charge is 2.05. The van der Waals surface area contributed by atoms with Gasteiger partial charge in [-0.05, 0) is 63.4 Å². The van der Waals surface area contributed by atoms with Crippen molar-refractivity contribution in [1.82, 2.24) is 15.3 Å². The van der Waals surface area contributed by atoms with E-state index in [4.69, 9.17) is 16.9 Å². The lowest BCUT2D eigenvalue weighted by molar-refractivity contribution is 0.814. The average molecular weight is 370 g/mol. The highest BCUT2D eigenvalue weighted by atomic mass is 35.5. The second-order valence-corrected chi connectivity index (χ2v) is 6.62. The van der Waals surface area contributed by atoms with Crippen molar-refractivity contribution < 1.29 is 0 Å². The standard InChI is InChI=1S/C20H24ClN5/c1-14(2)12-16(13-22)9-8-15(3)23-10-11-24-19-17-6-4-5-7-18(17)25-20(21)26-19/h6-9,12,23H,4-5,10-11H2,1-3H3,(H,24,25,26)/b15-8+,16-9+. The van der Waals surface area contributed by atoms with Gasteiger partial charge in [0, 0.05) is 24.0 Å². The van der Waals surface area contributed by atoms with Crippen LogP contribution in [0, 0.1) is 11.3 Å². The summed E-state index contributed by atoms with van der Waals surface area (Å²) in [7, 11) is 0. The van der Waals surface area contributed by atoms with E-state index in [1.54, 1.807) is 0 Å². The molecule has 0 saturated heterocycles. The number of fused-ring (bicyclic) bond motifs is 1. The Bertz CT molecular complexity index is 899. The van der Waals surface area contributed by atoms with Crippen molar-refractivity contribution in [2.45, 2.75) is 33.6 Å². The van der Waals surface area contributed by atoms with Gasteiger partial charge in [0.15, 0.2) is 0 Å². The summed E-state index contributed by atoms with van der Waals surface area (Å²) >= 11 is 6.01. The Morgan fingerprint density at radius 2 is 1.96 bits per heavy atom. The first kappa shape index (κ1) is 19.7. The number of hydrogen-bond donors (Lipinski definition) is 2. The van der Waals surface area contributed by atoms with E-state index in [0.717, 1.165) is 47.0 Å². The fourth-order valence-corrected chi connectivity index (χ4v) is 2.72. The molecule has 26 heavy (non-hydrogen) atoms. The van der Waals surface area contributed by atoms with Gasteiger partial charge in [-0.3, -0.25) is 0 Å². The molecule has 0 saturated carbocycles. The number of halogens is 1. The Morgan fingerprint density at radius 3 is 2.69 bits per heavy atom. The minimum absolute atomic E-state index is 0.260. The molecule has 1 heterocycles. The van der Waals surface area contributed by atoms with Gasteiger partial charge in [0.05, 0.1) is 17.0 Å². The number of nitriles is 1. The van der Waals surface area contributed by atoms with Gasteiger partial charge in [-0.25, -0.2) is 9.97 Å². The molecule has 1 aromatic heterocycles. The molecule has 1 aromatic rings. The maximum atomic E-state index is 9.10. The predicted octanol–water partition coefficient (Wildman–Crippen LogP) is 2.81. The summed E-state index contributed by atoms with van der Waals surface area (Å²) in [4.78, 5) is 8.56. The van der Waals surface area contributed by atoms with Crippen molar-refractivity contribution in [1.29, 1.82) is 5.26 Å². The minimum atomic E-state index is 0.260. The van der Waals surface area contributed by atoms with E-state index in [1.165, 1.54) is 0 Å². The van der Waals surface area contributed by atoms with E-state index in [2.05, 4.69) is 38.8 Å². The fraction of sp³-hybridized carbons (Fsp3) is 0.350. The maximum absolute atomic E-state index is 9.10. The first-order valence-electron chi connectivity index (χ1n) is 8.65. The summed E-state index contributed by atoms with van der Waals surface area (Å²) in [5.74, 6) is 0.773. The van der Waals surface area contributed by atoms with E-state index < -0.39 is 0 Å². The SMILES string of the molecule is CC(C)=C/C(C#N)=C\C=C(/C)NCCNc1nc(Cl)nc2c1=CCCC=2. The molecule has 6 heteroatoms. The minimum Gasteiger partial charge on any atom is -0.387 e. The number of nitrogens with zero attached hydrogens (tertiary/aromatic N) is 3. The van der Waals surface area contributed by atoms with Gasteiger partial charge in [0.1, 0.15) is 5.82 Å². The Hall–Kier alpha value is -2.58. The average Bonchev–Trinajstić information content (AvgIpc) is 2.61. The smallest absolute Gasteiger partial charge is 0.224 e. The van der Waals surface area contributed by atoms with Gasteiger partial charge in [-0.2, -0.15) is 5.26 Å². The van der Waals surface area contributed by atoms with Crippen molar-refractivity contribution in [3.8, 4) is 6.07 Å². The molecule has 0 spiro atoms. The lowest BCUT2D eigenvalue weighted by atomic mass is 10.1. The van der Waals surface area contributed by atoms with Gasteiger partial charge in [0.2, 0.25) is 5.28 Å². The van der Waals surface area contributed by atoms with Crippen LogP contribution in [0.3, 0.4) is 0 Å². The monoisotopic (exact) mass is 369 g/mol. The third-order valence-corrected chi connectivity index (χ3v) is 3.88. The topological polar surface area (TPSA) is 73.6 Å². The molecular weight excluding hydrogens is 346 g/mol. The van der Waals surface area contributed by atoms with E-state index in [0.29, 0.717) is 12.1 Å². The van der Waals surface area contributed by atoms with Gasteiger partial charge >= 0.3 is 0 Å². The van der Waals surface area contributed by atoms with Crippen LogP contribution in [0.15, 0.2) is 35.1 Å². The molecule has 2 N–H and O–H groups in total. The van der Waals surface area contributed by atoms with E-state index in [1.807, 2.05) is 39.0 Å². The molecule has 0 aliphatic heterocycles. The summed E-state index contributed by atoms with van der Waals surface area (Å²) in [5, 5.41) is 17.9. The summed E-state index contributed by atoms with van der Waals surface area (Å²) in [5.41, 5.74) is 2.73. The second kappa shape index (κ2) is 9.79. The Kier molecular flexibility index (Phi) is 7.43. The van der Waals surface area contributed by atoms with Crippen LogP contribution >= 0.6 is 11.6 Å². The molecule has 2 rings (SSSR count). The third kappa shape index (κ3) is 6.05. The van der Waals surface area contributed by atoms with Gasteiger partial charge < -0.3 is 10.6 Å². The molecule has 0 aromatic carbocycles. The van der Waals surface area contributed by atoms with Crippen LogP contribution in [-0.4, -0.2) is 23.1 Å². The summed E-state index contributed by atoms with van der Waals surface area (Å²) in [6, 6.07) is 2.18. The number of allylic oxidation sites excluding steroid dienone is 6. The fourth-order valence-electron chi connectivity index (χ4n) is 2.54. The van der Waals surface area contributed by atoms with Crippen molar-refractivity contribution >= 4 is 29.6 Å². The van der Waals surface area contributed by atoms with Crippen LogP contribution in [0.4, 0.5) is 5.82 Å². The number of rotatable bonds is 7. The molecule has 0 unspecified atom stereocenters. The maximum Gasteiger partial charge on any atom is 0.224 e. The normalized spacial score (nSPS) is 13.7. The molecule has 0 fully saturated rings. The molecule has 1 aliphatic carbocycles. The van der Waals surface area contributed by atoms with Crippen LogP contribution in [0.2, 0.25) is 5.28 Å². The van der Waals surface area contributed by atoms with Crippen LogP contribution in [-0.2, 0) is 0 Å². The largest absolute Gasteiger partial charge is 0.387 e. The van der Waals surface area contributed by atoms with Crippen molar-refractivity contribution in [2.75, 3.05) is 18.4 Å². The zero-order valence-electron chi connectivity index (χ0n) is 15.4. The van der Waals surface area contributed by atoms with Gasteiger partial charge in [0.25, 0.3) is 0 Å². The van der Waals surface area contributed by atoms with Gasteiger partial charge in [-0.15, -0.1) is 0 Å². The highest BCUT2D eigenvalue weighted by molar-refractivity contribution is 6.28. The summed E-state index contributed by atoms with van der Waals surface area (Å²) in [6.45, 7) is 7.33. The Balaban J connectivity index is 1.93. The molecule has 5 nitrogen and oxygen atoms in total. The molecule has 0 bridgehead atoms. The number of hydrogen-bond acceptors (Lipinski definition) is 5. The van der Waals surface area contributed by atoms with E-state index in [9.17, 15) is 0 Å². The number of aromatic nitrogens is 2. The molecular formula is C20H24ClN5. The predicted molar refractivity (Wildman–Crippen MR) is 108 cm³/mol. The number of anilines is 1. The van der Waals surface area contributed by atoms with Crippen LogP contribution in [0.5, 0.6) is 0 Å². The van der Waals surface area contributed by atoms with E-state index in [-0.39, 0.29) is 5.28 Å². The zero-order valence-corrected chi connectivity index (χ0v) is 16.2. The van der Waals surface area contributed by atoms with Crippen molar-refractivity contribution in [3.63, 3.8) is 0 Å². The van der Waals surface area contributed by atoms with Crippen LogP contribution in [0.1, 0.15) is 33.6 Å². The summed E-state index contributed by atoms with van der Waals surface area (Å²) in [6.07, 6.45) is 11.8. The lowest BCUT2D eigenvalue weighted by Crippen LogP contribution is -2.35. The quantitative estimate of drug-likeness (QED) is 0.334. The van der Waals surface area contributed by atoms with Crippen LogP contribution < -0.4 is 21.2 Å². The Morgan fingerprint density at radius 1 is 1.19 bits per heavy atom. The summed E-state index contributed by atoms with van der Waals surface area (Å²) < 4.78 is 0. The van der Waals surface area contributed by atoms with Crippen LogP contribution in [0.25, 0.3) is 12.2 Å².